The first-order chi connectivity index (χ1) is 9.85. The minimum atomic E-state index is 0.555. The predicted octanol–water partition coefficient (Wildman–Crippen LogP) is 1.32. The first kappa shape index (κ1) is 13.5. The summed E-state index contributed by atoms with van der Waals surface area (Å²) in [7, 11) is 0. The van der Waals surface area contributed by atoms with Crippen LogP contribution in [0.5, 0.6) is 0 Å². The summed E-state index contributed by atoms with van der Waals surface area (Å²) in [5.74, 6) is 0. The first-order valence-electron chi connectivity index (χ1n) is 6.86. The zero-order valence-electron chi connectivity index (χ0n) is 11.4. The maximum atomic E-state index is 5.58. The van der Waals surface area contributed by atoms with E-state index in [9.17, 15) is 0 Å². The molecule has 0 radical (unpaired) electrons. The Labute approximate surface area is 123 Å². The molecule has 0 saturated carbocycles. The molecule has 0 aromatic carbocycles. The average Bonchev–Trinajstić information content (AvgIpc) is 3.03. The Kier molecular flexibility index (Phi) is 4.25. The van der Waals surface area contributed by atoms with E-state index in [4.69, 9.17) is 5.73 Å². The highest BCUT2D eigenvalue weighted by Gasteiger charge is 2.18. The zero-order valence-corrected chi connectivity index (χ0v) is 12.2. The fraction of sp³-hybridized carbons (Fsp3) is 0.429. The van der Waals surface area contributed by atoms with E-state index in [0.717, 1.165) is 49.1 Å². The number of piperazine rings is 1. The molecule has 0 amide bonds. The molecule has 2 N–H and O–H groups in total. The molecular formula is C14H19N5S. The van der Waals surface area contributed by atoms with E-state index in [1.54, 1.807) is 11.3 Å². The normalized spacial score (nSPS) is 16.6. The second kappa shape index (κ2) is 6.30. The summed E-state index contributed by atoms with van der Waals surface area (Å²) in [6.45, 7) is 5.65. The molecule has 0 bridgehead atoms. The van der Waals surface area contributed by atoms with Crippen LogP contribution in [0.25, 0.3) is 0 Å². The highest BCUT2D eigenvalue weighted by atomic mass is 32.1. The third-order valence-corrected chi connectivity index (χ3v) is 4.40. The van der Waals surface area contributed by atoms with Gasteiger partial charge in [0.2, 0.25) is 0 Å². The number of nitrogens with zero attached hydrogens (tertiary/aromatic N) is 4. The van der Waals surface area contributed by atoms with Crippen LogP contribution >= 0.6 is 11.3 Å². The largest absolute Gasteiger partial charge is 0.346 e. The van der Waals surface area contributed by atoms with E-state index >= 15 is 0 Å². The summed E-state index contributed by atoms with van der Waals surface area (Å²) in [6, 6.07) is 4.14. The van der Waals surface area contributed by atoms with Crippen molar-refractivity contribution in [2.24, 2.45) is 5.73 Å². The zero-order chi connectivity index (χ0) is 13.8. The number of anilines is 1. The Balaban J connectivity index is 1.53. The average molecular weight is 289 g/mol. The van der Waals surface area contributed by atoms with Crippen molar-refractivity contribution in [1.29, 1.82) is 0 Å². The molecule has 3 heterocycles. The molecule has 20 heavy (non-hydrogen) atoms. The standard InChI is InChI=1S/C14H19N5S/c15-9-12-1-2-13(17-10-12)11-18-4-6-19(7-5-18)14-16-3-8-20-14/h1-3,8,10H,4-7,9,11,15H2. The molecule has 3 rings (SSSR count). The molecule has 0 unspecified atom stereocenters. The van der Waals surface area contributed by atoms with Gasteiger partial charge in [0.15, 0.2) is 5.13 Å². The maximum Gasteiger partial charge on any atom is 0.185 e. The summed E-state index contributed by atoms with van der Waals surface area (Å²) in [5, 5.41) is 3.17. The number of rotatable bonds is 4. The molecular weight excluding hydrogens is 270 g/mol. The fourth-order valence-electron chi connectivity index (χ4n) is 2.37. The lowest BCUT2D eigenvalue weighted by atomic mass is 10.2. The van der Waals surface area contributed by atoms with Crippen molar-refractivity contribution in [2.45, 2.75) is 13.1 Å². The van der Waals surface area contributed by atoms with Gasteiger partial charge in [0, 0.05) is 57.0 Å². The quantitative estimate of drug-likeness (QED) is 0.920. The van der Waals surface area contributed by atoms with Crippen molar-refractivity contribution in [3.05, 3.63) is 41.2 Å². The molecule has 1 saturated heterocycles. The van der Waals surface area contributed by atoms with Crippen LogP contribution in [-0.4, -0.2) is 41.0 Å². The number of aromatic nitrogens is 2. The van der Waals surface area contributed by atoms with Crippen molar-refractivity contribution < 1.29 is 0 Å². The lowest BCUT2D eigenvalue weighted by Gasteiger charge is -2.34. The highest BCUT2D eigenvalue weighted by molar-refractivity contribution is 7.13. The molecule has 1 aliphatic heterocycles. The van der Waals surface area contributed by atoms with Gasteiger partial charge in [-0.3, -0.25) is 9.88 Å². The van der Waals surface area contributed by atoms with Gasteiger partial charge in [-0.25, -0.2) is 4.98 Å². The van der Waals surface area contributed by atoms with Crippen LogP contribution in [0.2, 0.25) is 0 Å². The van der Waals surface area contributed by atoms with E-state index in [2.05, 4.69) is 31.9 Å². The van der Waals surface area contributed by atoms with Crippen LogP contribution in [0.3, 0.4) is 0 Å². The van der Waals surface area contributed by atoms with Crippen LogP contribution in [0.4, 0.5) is 5.13 Å². The smallest absolute Gasteiger partial charge is 0.185 e. The Bertz CT molecular complexity index is 517. The highest BCUT2D eigenvalue weighted by Crippen LogP contribution is 2.19. The lowest BCUT2D eigenvalue weighted by molar-refractivity contribution is 0.247. The molecule has 0 aliphatic carbocycles. The van der Waals surface area contributed by atoms with Gasteiger partial charge in [0.05, 0.1) is 5.69 Å². The van der Waals surface area contributed by atoms with Gasteiger partial charge in [-0.1, -0.05) is 6.07 Å². The molecule has 1 aliphatic rings. The van der Waals surface area contributed by atoms with Gasteiger partial charge in [0.25, 0.3) is 0 Å². The van der Waals surface area contributed by atoms with Crippen LogP contribution in [0.1, 0.15) is 11.3 Å². The molecule has 0 atom stereocenters. The molecule has 2 aromatic rings. The third kappa shape index (κ3) is 3.15. The number of thiazole rings is 1. The predicted molar refractivity (Wildman–Crippen MR) is 81.7 cm³/mol. The van der Waals surface area contributed by atoms with Crippen LogP contribution in [0.15, 0.2) is 29.9 Å². The van der Waals surface area contributed by atoms with Crippen molar-refractivity contribution in [1.82, 2.24) is 14.9 Å². The van der Waals surface area contributed by atoms with Gasteiger partial charge in [-0.15, -0.1) is 11.3 Å². The van der Waals surface area contributed by atoms with E-state index in [1.807, 2.05) is 17.8 Å². The topological polar surface area (TPSA) is 58.3 Å². The SMILES string of the molecule is NCc1ccc(CN2CCN(c3nccs3)CC2)nc1. The van der Waals surface area contributed by atoms with Gasteiger partial charge >= 0.3 is 0 Å². The second-order valence-corrected chi connectivity index (χ2v) is 5.81. The van der Waals surface area contributed by atoms with Crippen molar-refractivity contribution >= 4 is 16.5 Å². The summed E-state index contributed by atoms with van der Waals surface area (Å²) in [5.41, 5.74) is 7.79. The Morgan fingerprint density at radius 2 is 2.00 bits per heavy atom. The van der Waals surface area contributed by atoms with E-state index in [-0.39, 0.29) is 0 Å². The molecule has 5 nitrogen and oxygen atoms in total. The minimum Gasteiger partial charge on any atom is -0.346 e. The summed E-state index contributed by atoms with van der Waals surface area (Å²) in [6.07, 6.45) is 3.75. The van der Waals surface area contributed by atoms with E-state index in [0.29, 0.717) is 6.54 Å². The molecule has 1 fully saturated rings. The van der Waals surface area contributed by atoms with Crippen molar-refractivity contribution in [2.75, 3.05) is 31.1 Å². The summed E-state index contributed by atoms with van der Waals surface area (Å²) >= 11 is 1.71. The number of hydrogen-bond acceptors (Lipinski definition) is 6. The van der Waals surface area contributed by atoms with Crippen LogP contribution in [-0.2, 0) is 13.1 Å². The van der Waals surface area contributed by atoms with E-state index < -0.39 is 0 Å². The van der Waals surface area contributed by atoms with E-state index in [1.165, 1.54) is 0 Å². The van der Waals surface area contributed by atoms with Crippen LogP contribution in [0, 0.1) is 0 Å². The van der Waals surface area contributed by atoms with Gasteiger partial charge in [-0.2, -0.15) is 0 Å². The maximum absolute atomic E-state index is 5.58. The Morgan fingerprint density at radius 3 is 2.60 bits per heavy atom. The second-order valence-electron chi connectivity index (χ2n) is 4.94. The molecule has 6 heteroatoms. The number of hydrogen-bond donors (Lipinski definition) is 1. The lowest BCUT2D eigenvalue weighted by Crippen LogP contribution is -2.46. The number of pyridine rings is 1. The third-order valence-electron chi connectivity index (χ3n) is 3.57. The molecule has 0 spiro atoms. The van der Waals surface area contributed by atoms with Gasteiger partial charge < -0.3 is 10.6 Å². The van der Waals surface area contributed by atoms with Gasteiger partial charge in [-0.05, 0) is 11.6 Å². The Hall–Kier alpha value is -1.50. The van der Waals surface area contributed by atoms with Gasteiger partial charge in [0.1, 0.15) is 0 Å². The summed E-state index contributed by atoms with van der Waals surface area (Å²) in [4.78, 5) is 13.6. The number of nitrogens with two attached hydrogens (primary N) is 1. The van der Waals surface area contributed by atoms with Crippen LogP contribution < -0.4 is 10.6 Å². The fourth-order valence-corrected chi connectivity index (χ4v) is 3.06. The minimum absolute atomic E-state index is 0.555. The van der Waals surface area contributed by atoms with Crippen molar-refractivity contribution in [3.63, 3.8) is 0 Å². The van der Waals surface area contributed by atoms with Crippen molar-refractivity contribution in [3.8, 4) is 0 Å². The summed E-state index contributed by atoms with van der Waals surface area (Å²) < 4.78 is 0. The first-order valence-corrected chi connectivity index (χ1v) is 7.74. The molecule has 106 valence electrons. The molecule has 2 aromatic heterocycles. The Morgan fingerprint density at radius 1 is 1.15 bits per heavy atom. The monoisotopic (exact) mass is 289 g/mol.